The van der Waals surface area contributed by atoms with Gasteiger partial charge >= 0.3 is 35.7 Å². The first-order valence-corrected chi connectivity index (χ1v) is 14.0. The zero-order chi connectivity index (χ0) is 17.8. The van der Waals surface area contributed by atoms with E-state index in [0.29, 0.717) is 10.9 Å². The van der Waals surface area contributed by atoms with E-state index >= 15 is 0 Å². The van der Waals surface area contributed by atoms with Crippen LogP contribution in [0.3, 0.4) is 0 Å². The molecule has 0 aliphatic heterocycles. The van der Waals surface area contributed by atoms with Crippen LogP contribution in [0, 0.1) is 7.14 Å². The third kappa shape index (κ3) is 8.18. The Bertz CT molecular complexity index is 667. The Morgan fingerprint density at radius 3 is 2.17 bits per heavy atom. The molecule has 0 fully saturated rings. The molecule has 0 aliphatic rings. The summed E-state index contributed by atoms with van der Waals surface area (Å²) in [6.07, 6.45) is -1.55. The first-order valence-electron chi connectivity index (χ1n) is 6.73. The maximum atomic E-state index is 12.5. The van der Waals surface area contributed by atoms with Crippen molar-refractivity contribution in [3.05, 3.63) is 25.3 Å². The molecule has 6 nitrogen and oxygen atoms in total. The number of carbonyl (C=O) groups is 1. The second kappa shape index (κ2) is 10.4. The summed E-state index contributed by atoms with van der Waals surface area (Å²) in [7, 11) is -5.47. The fraction of sp³-hybridized carbons (Fsp3) is 0.462. The number of rotatable bonds is 7. The van der Waals surface area contributed by atoms with Gasteiger partial charge < -0.3 is 11.3 Å². The van der Waals surface area contributed by atoms with Crippen LogP contribution in [0.5, 0.6) is 0 Å². The van der Waals surface area contributed by atoms with Gasteiger partial charge in [0, 0.05) is 21.8 Å². The van der Waals surface area contributed by atoms with E-state index < -0.39 is 30.9 Å². The third-order valence-corrected chi connectivity index (χ3v) is 7.47. The van der Waals surface area contributed by atoms with Crippen molar-refractivity contribution in [1.82, 2.24) is 4.31 Å². The number of sulfonamides is 1. The van der Waals surface area contributed by atoms with Gasteiger partial charge in [0.1, 0.15) is 6.73 Å². The summed E-state index contributed by atoms with van der Waals surface area (Å²) in [5.74, 6) is 0. The van der Waals surface area contributed by atoms with Crippen LogP contribution in [0.1, 0.15) is 1.43 Å². The molecular weight excluding hydrogens is 587 g/mol. The molecule has 0 bridgehead atoms. The van der Waals surface area contributed by atoms with Crippen LogP contribution in [-0.4, -0.2) is 45.3 Å². The normalized spacial score (nSPS) is 11.7. The van der Waals surface area contributed by atoms with E-state index in [4.69, 9.17) is 4.74 Å². The van der Waals surface area contributed by atoms with E-state index in [-0.39, 0.29) is 35.9 Å². The Hall–Kier alpha value is 1.08. The standard InChI is InChI=1S/C13H19I2NO5SSi.Na.H/c1-23(2,3)5-4-21-9-16(13(17)18)22(19,20)12-7-10(14)6-11(15)8-12;;/h6-8H,4-5,9H2,1-3H3,(H,17,18);;/q;+1;-1. The minimum Gasteiger partial charge on any atom is -1.00 e. The summed E-state index contributed by atoms with van der Waals surface area (Å²) in [5, 5.41) is 9.24. The minimum atomic E-state index is -4.15. The van der Waals surface area contributed by atoms with Crippen LogP contribution in [0.4, 0.5) is 4.79 Å². The topological polar surface area (TPSA) is 83.9 Å². The molecule has 0 saturated heterocycles. The number of nitrogens with zero attached hydrogens (tertiary/aromatic N) is 1. The van der Waals surface area contributed by atoms with E-state index in [2.05, 4.69) is 19.6 Å². The molecule has 1 rings (SSSR count). The predicted octanol–water partition coefficient (Wildman–Crippen LogP) is 0.993. The molecule has 0 unspecified atom stereocenters. The second-order valence-corrected chi connectivity index (χ2v) is 16.1. The van der Waals surface area contributed by atoms with Gasteiger partial charge in [-0.1, -0.05) is 19.6 Å². The SMILES string of the molecule is C[Si](C)(C)CCOCN(C(=O)O)S(=O)(=O)c1cc(I)cc(I)c1.[H-].[Na+]. The zero-order valence-electron chi connectivity index (χ0n) is 15.0. The molecule has 1 aromatic rings. The average Bonchev–Trinajstić information content (AvgIpc) is 2.35. The van der Waals surface area contributed by atoms with Crippen molar-refractivity contribution >= 4 is 69.4 Å². The largest absolute Gasteiger partial charge is 1.00 e. The molecule has 0 heterocycles. The molecule has 0 spiro atoms. The smallest absolute Gasteiger partial charge is 1.00 e. The number of benzene rings is 1. The van der Waals surface area contributed by atoms with Crippen LogP contribution in [0.2, 0.25) is 25.7 Å². The van der Waals surface area contributed by atoms with Crippen LogP contribution >= 0.6 is 45.2 Å². The molecule has 24 heavy (non-hydrogen) atoms. The van der Waals surface area contributed by atoms with E-state index in [1.54, 1.807) is 6.07 Å². The van der Waals surface area contributed by atoms with Crippen LogP contribution < -0.4 is 29.6 Å². The third-order valence-electron chi connectivity index (χ3n) is 2.84. The first-order chi connectivity index (χ1) is 10.4. The van der Waals surface area contributed by atoms with Gasteiger partial charge in [-0.3, -0.25) is 0 Å². The number of hydrogen-bond donors (Lipinski definition) is 1. The number of amides is 1. The molecule has 1 aromatic carbocycles. The Morgan fingerprint density at radius 1 is 1.25 bits per heavy atom. The minimum absolute atomic E-state index is 0. The maximum absolute atomic E-state index is 12.5. The summed E-state index contributed by atoms with van der Waals surface area (Å²) in [5.41, 5.74) is 0. The average molecular weight is 607 g/mol. The summed E-state index contributed by atoms with van der Waals surface area (Å²) >= 11 is 3.99. The number of hydrogen-bond acceptors (Lipinski definition) is 4. The number of halogens is 2. The van der Waals surface area contributed by atoms with E-state index in [9.17, 15) is 18.3 Å². The molecule has 0 atom stereocenters. The predicted molar refractivity (Wildman–Crippen MR) is 109 cm³/mol. The van der Waals surface area contributed by atoms with Gasteiger partial charge in [0.15, 0.2) is 0 Å². The van der Waals surface area contributed by atoms with E-state index in [1.807, 2.05) is 45.2 Å². The molecule has 0 aliphatic carbocycles. The molecule has 0 radical (unpaired) electrons. The van der Waals surface area contributed by atoms with E-state index in [1.165, 1.54) is 12.1 Å². The van der Waals surface area contributed by atoms with Gasteiger partial charge in [-0.2, -0.15) is 4.31 Å². The van der Waals surface area contributed by atoms with Crippen molar-refractivity contribution in [2.45, 2.75) is 30.6 Å². The van der Waals surface area contributed by atoms with Gasteiger partial charge in [-0.25, -0.2) is 13.2 Å². The first kappa shape index (κ1) is 25.1. The fourth-order valence-electron chi connectivity index (χ4n) is 1.56. The van der Waals surface area contributed by atoms with Crippen molar-refractivity contribution in [3.63, 3.8) is 0 Å². The molecule has 0 saturated carbocycles. The molecule has 11 heteroatoms. The monoisotopic (exact) mass is 607 g/mol. The van der Waals surface area contributed by atoms with Crippen molar-refractivity contribution in [2.24, 2.45) is 0 Å². The van der Waals surface area contributed by atoms with Crippen molar-refractivity contribution < 1.29 is 54.0 Å². The quantitative estimate of drug-likeness (QED) is 0.217. The fourth-order valence-corrected chi connectivity index (χ4v) is 5.90. The number of ether oxygens (including phenoxy) is 1. The van der Waals surface area contributed by atoms with Gasteiger partial charge in [0.05, 0.1) is 4.90 Å². The van der Waals surface area contributed by atoms with Gasteiger partial charge in [-0.15, -0.1) is 0 Å². The molecule has 0 aromatic heterocycles. The number of carboxylic acid groups (broad SMARTS) is 1. The zero-order valence-corrected chi connectivity index (χ0v) is 22.2. The Kier molecular flexibility index (Phi) is 10.9. The van der Waals surface area contributed by atoms with Crippen LogP contribution in [0.15, 0.2) is 23.1 Å². The van der Waals surface area contributed by atoms with Crippen molar-refractivity contribution in [3.8, 4) is 0 Å². The Morgan fingerprint density at radius 2 is 1.75 bits per heavy atom. The molecule has 1 N–H and O–H groups in total. The summed E-state index contributed by atoms with van der Waals surface area (Å²) in [6.45, 7) is 6.34. The Labute approximate surface area is 194 Å². The van der Waals surface area contributed by atoms with Crippen LogP contribution in [-0.2, 0) is 14.8 Å². The van der Waals surface area contributed by atoms with Gasteiger partial charge in [-0.05, 0) is 69.4 Å². The van der Waals surface area contributed by atoms with Gasteiger partial charge in [0.2, 0.25) is 0 Å². The summed E-state index contributed by atoms with van der Waals surface area (Å²) < 4.78 is 32.2. The van der Waals surface area contributed by atoms with Crippen molar-refractivity contribution in [1.29, 1.82) is 0 Å². The summed E-state index contributed by atoms with van der Waals surface area (Å²) in [4.78, 5) is 11.3. The molecular formula is C13H20I2NNaO5SSi. The van der Waals surface area contributed by atoms with E-state index in [0.717, 1.165) is 13.2 Å². The maximum Gasteiger partial charge on any atom is 1.00 e. The van der Waals surface area contributed by atoms with Crippen LogP contribution in [0.25, 0.3) is 0 Å². The summed E-state index contributed by atoms with van der Waals surface area (Å²) in [6, 6.07) is 5.52. The molecule has 1 amide bonds. The second-order valence-electron chi connectivity index (χ2n) is 6.09. The van der Waals surface area contributed by atoms with Crippen molar-refractivity contribution in [2.75, 3.05) is 13.3 Å². The van der Waals surface area contributed by atoms with Gasteiger partial charge in [0.25, 0.3) is 10.0 Å². The Balaban J connectivity index is 0. The molecule has 132 valence electrons.